The zero-order chi connectivity index (χ0) is 7.23. The Labute approximate surface area is 62.8 Å². The van der Waals surface area contributed by atoms with Gasteiger partial charge in [0.05, 0.1) is 6.61 Å². The Morgan fingerprint density at radius 2 is 1.90 bits per heavy atom. The fourth-order valence-electron chi connectivity index (χ4n) is 1.58. The van der Waals surface area contributed by atoms with E-state index in [1.165, 1.54) is 32.1 Å². The van der Waals surface area contributed by atoms with E-state index >= 15 is 0 Å². The lowest BCUT2D eigenvalue weighted by atomic mass is 9.89. The SMILES string of the molecule is OC/C=C/C1CCCCC1. The van der Waals surface area contributed by atoms with E-state index in [-0.39, 0.29) is 6.61 Å². The van der Waals surface area contributed by atoms with Crippen molar-refractivity contribution in [1.82, 2.24) is 0 Å². The van der Waals surface area contributed by atoms with Gasteiger partial charge in [-0.15, -0.1) is 0 Å². The Kier molecular flexibility index (Phi) is 3.52. The highest BCUT2D eigenvalue weighted by Gasteiger charge is 2.08. The van der Waals surface area contributed by atoms with Crippen molar-refractivity contribution in [3.05, 3.63) is 12.2 Å². The van der Waals surface area contributed by atoms with Crippen molar-refractivity contribution in [3.63, 3.8) is 0 Å². The molecule has 1 saturated carbocycles. The van der Waals surface area contributed by atoms with Crippen molar-refractivity contribution in [2.75, 3.05) is 6.61 Å². The van der Waals surface area contributed by atoms with Crippen LogP contribution in [0.5, 0.6) is 0 Å². The molecular weight excluding hydrogens is 124 g/mol. The van der Waals surface area contributed by atoms with E-state index < -0.39 is 0 Å². The quantitative estimate of drug-likeness (QED) is 0.582. The highest BCUT2D eigenvalue weighted by atomic mass is 16.2. The van der Waals surface area contributed by atoms with Crippen LogP contribution in [0.2, 0.25) is 0 Å². The number of aliphatic hydroxyl groups is 1. The van der Waals surface area contributed by atoms with Crippen molar-refractivity contribution in [2.45, 2.75) is 32.1 Å². The van der Waals surface area contributed by atoms with Gasteiger partial charge in [0.1, 0.15) is 0 Å². The Morgan fingerprint density at radius 3 is 2.50 bits per heavy atom. The number of allylic oxidation sites excluding steroid dienone is 1. The molecule has 1 aliphatic carbocycles. The van der Waals surface area contributed by atoms with Crippen LogP contribution in [-0.4, -0.2) is 11.7 Å². The van der Waals surface area contributed by atoms with Crippen molar-refractivity contribution in [3.8, 4) is 0 Å². The summed E-state index contributed by atoms with van der Waals surface area (Å²) in [7, 11) is 0. The van der Waals surface area contributed by atoms with E-state index in [2.05, 4.69) is 6.08 Å². The molecule has 0 aromatic rings. The van der Waals surface area contributed by atoms with Crippen LogP contribution >= 0.6 is 0 Å². The van der Waals surface area contributed by atoms with Gasteiger partial charge in [0.15, 0.2) is 0 Å². The molecule has 0 aromatic heterocycles. The van der Waals surface area contributed by atoms with Crippen molar-refractivity contribution in [2.24, 2.45) is 5.92 Å². The highest BCUT2D eigenvalue weighted by Crippen LogP contribution is 2.24. The molecule has 0 atom stereocenters. The second-order valence-electron chi connectivity index (χ2n) is 3.01. The average molecular weight is 140 g/mol. The van der Waals surface area contributed by atoms with Crippen LogP contribution in [0.25, 0.3) is 0 Å². The first-order valence-electron chi connectivity index (χ1n) is 4.21. The molecule has 1 N–H and O–H groups in total. The van der Waals surface area contributed by atoms with Gasteiger partial charge in [0.25, 0.3) is 0 Å². The standard InChI is InChI=1S/C9H16O/c10-8-4-7-9-5-2-1-3-6-9/h4,7,9-10H,1-3,5-6,8H2/b7-4+. The van der Waals surface area contributed by atoms with Crippen molar-refractivity contribution in [1.29, 1.82) is 0 Å². The molecule has 1 aliphatic rings. The molecular formula is C9H16O. The summed E-state index contributed by atoms with van der Waals surface area (Å²) in [6, 6.07) is 0. The molecule has 0 radical (unpaired) electrons. The number of hydrogen-bond donors (Lipinski definition) is 1. The Morgan fingerprint density at radius 1 is 1.20 bits per heavy atom. The van der Waals surface area contributed by atoms with Crippen LogP contribution in [0.4, 0.5) is 0 Å². The minimum absolute atomic E-state index is 0.205. The molecule has 0 saturated heterocycles. The smallest absolute Gasteiger partial charge is 0.0612 e. The van der Waals surface area contributed by atoms with E-state index in [0.29, 0.717) is 0 Å². The van der Waals surface area contributed by atoms with E-state index in [1.807, 2.05) is 6.08 Å². The maximum absolute atomic E-state index is 8.51. The third kappa shape index (κ3) is 2.53. The van der Waals surface area contributed by atoms with Gasteiger partial charge in [0, 0.05) is 0 Å². The monoisotopic (exact) mass is 140 g/mol. The zero-order valence-corrected chi connectivity index (χ0v) is 6.42. The summed E-state index contributed by atoms with van der Waals surface area (Å²) in [5.41, 5.74) is 0. The maximum atomic E-state index is 8.51. The van der Waals surface area contributed by atoms with Crippen LogP contribution < -0.4 is 0 Å². The second-order valence-corrected chi connectivity index (χ2v) is 3.01. The van der Waals surface area contributed by atoms with Crippen molar-refractivity contribution >= 4 is 0 Å². The summed E-state index contributed by atoms with van der Waals surface area (Å²) in [4.78, 5) is 0. The predicted octanol–water partition coefficient (Wildman–Crippen LogP) is 2.12. The fraction of sp³-hybridized carbons (Fsp3) is 0.778. The first-order valence-corrected chi connectivity index (χ1v) is 4.21. The Balaban J connectivity index is 2.19. The Hall–Kier alpha value is -0.300. The third-order valence-electron chi connectivity index (χ3n) is 2.16. The average Bonchev–Trinajstić information content (AvgIpc) is 2.03. The van der Waals surface area contributed by atoms with Gasteiger partial charge in [-0.05, 0) is 18.8 Å². The van der Waals surface area contributed by atoms with E-state index in [4.69, 9.17) is 5.11 Å². The third-order valence-corrected chi connectivity index (χ3v) is 2.16. The topological polar surface area (TPSA) is 20.2 Å². The van der Waals surface area contributed by atoms with Crippen LogP contribution in [-0.2, 0) is 0 Å². The minimum atomic E-state index is 0.205. The summed E-state index contributed by atoms with van der Waals surface area (Å²) in [5.74, 6) is 0.765. The molecule has 1 fully saturated rings. The summed E-state index contributed by atoms with van der Waals surface area (Å²) in [6.45, 7) is 0.205. The molecule has 0 aliphatic heterocycles. The molecule has 0 aromatic carbocycles. The summed E-state index contributed by atoms with van der Waals surface area (Å²) in [6.07, 6.45) is 10.9. The highest BCUT2D eigenvalue weighted by molar-refractivity contribution is 4.89. The first kappa shape index (κ1) is 7.80. The van der Waals surface area contributed by atoms with Gasteiger partial charge in [-0.2, -0.15) is 0 Å². The lowest BCUT2D eigenvalue weighted by molar-refractivity contribution is 0.339. The molecule has 0 heterocycles. The van der Waals surface area contributed by atoms with E-state index in [1.54, 1.807) is 0 Å². The summed E-state index contributed by atoms with van der Waals surface area (Å²) >= 11 is 0. The van der Waals surface area contributed by atoms with Gasteiger partial charge in [-0.3, -0.25) is 0 Å². The fourth-order valence-corrected chi connectivity index (χ4v) is 1.58. The predicted molar refractivity (Wildman–Crippen MR) is 42.8 cm³/mol. The largest absolute Gasteiger partial charge is 0.392 e. The maximum Gasteiger partial charge on any atom is 0.0612 e. The number of hydrogen-bond acceptors (Lipinski definition) is 1. The normalized spacial score (nSPS) is 22.1. The Bertz CT molecular complexity index is 101. The van der Waals surface area contributed by atoms with Crippen LogP contribution in [0.1, 0.15) is 32.1 Å². The molecule has 0 bridgehead atoms. The molecule has 10 heavy (non-hydrogen) atoms. The van der Waals surface area contributed by atoms with E-state index in [0.717, 1.165) is 5.92 Å². The molecule has 0 spiro atoms. The van der Waals surface area contributed by atoms with Crippen LogP contribution in [0.3, 0.4) is 0 Å². The molecule has 1 nitrogen and oxygen atoms in total. The molecule has 1 rings (SSSR count). The summed E-state index contributed by atoms with van der Waals surface area (Å²) in [5, 5.41) is 8.51. The molecule has 0 unspecified atom stereocenters. The van der Waals surface area contributed by atoms with Gasteiger partial charge in [-0.25, -0.2) is 0 Å². The summed E-state index contributed by atoms with van der Waals surface area (Å²) < 4.78 is 0. The molecule has 1 heteroatoms. The minimum Gasteiger partial charge on any atom is -0.392 e. The molecule has 0 amide bonds. The number of aliphatic hydroxyl groups excluding tert-OH is 1. The van der Waals surface area contributed by atoms with Gasteiger partial charge >= 0.3 is 0 Å². The first-order chi connectivity index (χ1) is 4.93. The van der Waals surface area contributed by atoms with Gasteiger partial charge in [0.2, 0.25) is 0 Å². The molecule has 58 valence electrons. The van der Waals surface area contributed by atoms with Crippen LogP contribution in [0.15, 0.2) is 12.2 Å². The lowest BCUT2D eigenvalue weighted by Gasteiger charge is -2.17. The second kappa shape index (κ2) is 4.51. The van der Waals surface area contributed by atoms with Gasteiger partial charge in [-0.1, -0.05) is 31.4 Å². The van der Waals surface area contributed by atoms with Crippen LogP contribution in [0, 0.1) is 5.92 Å². The van der Waals surface area contributed by atoms with Crippen molar-refractivity contribution < 1.29 is 5.11 Å². The van der Waals surface area contributed by atoms with Gasteiger partial charge < -0.3 is 5.11 Å². The zero-order valence-electron chi connectivity index (χ0n) is 6.42. The number of rotatable bonds is 2. The lowest BCUT2D eigenvalue weighted by Crippen LogP contribution is -2.02. The van der Waals surface area contributed by atoms with E-state index in [9.17, 15) is 0 Å².